The van der Waals surface area contributed by atoms with Gasteiger partial charge in [-0.25, -0.2) is 0 Å². The first-order valence-electron chi connectivity index (χ1n) is 3.77. The summed E-state index contributed by atoms with van der Waals surface area (Å²) in [7, 11) is 0. The Morgan fingerprint density at radius 2 is 2.54 bits per heavy atom. The van der Waals surface area contributed by atoms with Gasteiger partial charge in [0.2, 0.25) is 0 Å². The van der Waals surface area contributed by atoms with Crippen LogP contribution in [-0.2, 0) is 9.63 Å². The van der Waals surface area contributed by atoms with Crippen LogP contribution in [0.1, 0.15) is 13.3 Å². The van der Waals surface area contributed by atoms with Gasteiger partial charge in [0.25, 0.3) is 0 Å². The molecule has 6 nitrogen and oxygen atoms in total. The molecule has 0 bridgehead atoms. The standard InChI is InChI=1S/C7H12N2O4/c1-4-2-7(12,9-13-4)3-5(8)6(10)11/h2,5,9,12H,3,8H2,1H3,(H,10,11)/t5-,7?/m0/s1. The molecule has 0 aliphatic carbocycles. The molecule has 0 saturated heterocycles. The highest BCUT2D eigenvalue weighted by Gasteiger charge is 2.34. The molecule has 2 atom stereocenters. The monoisotopic (exact) mass is 188 g/mol. The lowest BCUT2D eigenvalue weighted by Gasteiger charge is -2.20. The van der Waals surface area contributed by atoms with Crippen molar-refractivity contribution in [3.05, 3.63) is 11.8 Å². The summed E-state index contributed by atoms with van der Waals surface area (Å²) in [5.41, 5.74) is 6.06. The van der Waals surface area contributed by atoms with Gasteiger partial charge in [0.05, 0.1) is 0 Å². The van der Waals surface area contributed by atoms with E-state index in [1.54, 1.807) is 6.92 Å². The lowest BCUT2D eigenvalue weighted by Crippen LogP contribution is -2.46. The van der Waals surface area contributed by atoms with E-state index in [1.807, 2.05) is 0 Å². The van der Waals surface area contributed by atoms with Gasteiger partial charge in [0.1, 0.15) is 11.8 Å². The van der Waals surface area contributed by atoms with Crippen LogP contribution in [0, 0.1) is 0 Å². The number of aliphatic carboxylic acids is 1. The molecule has 0 aromatic rings. The van der Waals surface area contributed by atoms with Gasteiger partial charge in [-0.3, -0.25) is 4.79 Å². The van der Waals surface area contributed by atoms with E-state index >= 15 is 0 Å². The molecule has 1 aliphatic rings. The van der Waals surface area contributed by atoms with Crippen molar-refractivity contribution in [2.45, 2.75) is 25.1 Å². The molecule has 1 heterocycles. The van der Waals surface area contributed by atoms with Crippen LogP contribution in [0.5, 0.6) is 0 Å². The quantitative estimate of drug-likeness (QED) is 0.449. The maximum atomic E-state index is 10.4. The highest BCUT2D eigenvalue weighted by Crippen LogP contribution is 2.19. The van der Waals surface area contributed by atoms with Gasteiger partial charge in [-0.05, 0) is 6.92 Å². The molecule has 5 N–H and O–H groups in total. The van der Waals surface area contributed by atoms with E-state index in [2.05, 4.69) is 5.48 Å². The molecule has 1 unspecified atom stereocenters. The van der Waals surface area contributed by atoms with Crippen LogP contribution in [0.15, 0.2) is 11.8 Å². The summed E-state index contributed by atoms with van der Waals surface area (Å²) in [6, 6.07) is -1.12. The zero-order chi connectivity index (χ0) is 10.1. The highest BCUT2D eigenvalue weighted by atomic mass is 16.7. The predicted molar refractivity (Wildman–Crippen MR) is 43.2 cm³/mol. The summed E-state index contributed by atoms with van der Waals surface area (Å²) < 4.78 is 0. The first kappa shape index (κ1) is 9.97. The van der Waals surface area contributed by atoms with Crippen LogP contribution in [-0.4, -0.2) is 27.9 Å². The van der Waals surface area contributed by atoms with E-state index in [4.69, 9.17) is 15.7 Å². The fraction of sp³-hybridized carbons (Fsp3) is 0.571. The van der Waals surface area contributed by atoms with Gasteiger partial charge in [-0.1, -0.05) is 0 Å². The van der Waals surface area contributed by atoms with Gasteiger partial charge in [0.15, 0.2) is 5.72 Å². The van der Waals surface area contributed by atoms with E-state index < -0.39 is 17.7 Å². The zero-order valence-electron chi connectivity index (χ0n) is 7.15. The fourth-order valence-corrected chi connectivity index (χ4v) is 1.09. The summed E-state index contributed by atoms with van der Waals surface area (Å²) in [6.07, 6.45) is 1.25. The summed E-state index contributed by atoms with van der Waals surface area (Å²) >= 11 is 0. The molecule has 0 radical (unpaired) electrons. The van der Waals surface area contributed by atoms with Crippen molar-refractivity contribution in [2.75, 3.05) is 0 Å². The number of carbonyl (C=O) groups is 1. The number of hydroxylamine groups is 1. The number of nitrogens with one attached hydrogen (secondary N) is 1. The van der Waals surface area contributed by atoms with Gasteiger partial charge >= 0.3 is 5.97 Å². The molecule has 0 amide bonds. The van der Waals surface area contributed by atoms with Crippen LogP contribution in [0.25, 0.3) is 0 Å². The van der Waals surface area contributed by atoms with E-state index in [9.17, 15) is 9.90 Å². The van der Waals surface area contributed by atoms with Gasteiger partial charge in [-0.15, -0.1) is 5.48 Å². The zero-order valence-corrected chi connectivity index (χ0v) is 7.15. The number of nitrogens with two attached hydrogens (primary N) is 1. The first-order chi connectivity index (χ1) is 5.93. The van der Waals surface area contributed by atoms with Crippen LogP contribution in [0.3, 0.4) is 0 Å². The van der Waals surface area contributed by atoms with Crippen molar-refractivity contribution < 1.29 is 19.8 Å². The Kier molecular flexibility index (Phi) is 2.55. The molecular weight excluding hydrogens is 176 g/mol. The SMILES string of the molecule is CC1=CC(O)(C[C@H](N)C(=O)O)NO1. The van der Waals surface area contributed by atoms with Crippen molar-refractivity contribution in [1.29, 1.82) is 0 Å². The van der Waals surface area contributed by atoms with Gasteiger partial charge in [0, 0.05) is 12.5 Å². The van der Waals surface area contributed by atoms with Crippen LogP contribution < -0.4 is 11.2 Å². The second kappa shape index (κ2) is 3.33. The molecule has 0 saturated carbocycles. The smallest absolute Gasteiger partial charge is 0.320 e. The summed E-state index contributed by atoms with van der Waals surface area (Å²) in [6.45, 7) is 1.64. The third kappa shape index (κ3) is 2.41. The van der Waals surface area contributed by atoms with Gasteiger partial charge < -0.3 is 20.8 Å². The van der Waals surface area contributed by atoms with Crippen LogP contribution in [0.4, 0.5) is 0 Å². The molecule has 0 spiro atoms. The van der Waals surface area contributed by atoms with E-state index in [-0.39, 0.29) is 6.42 Å². The second-order valence-electron chi connectivity index (χ2n) is 3.03. The van der Waals surface area contributed by atoms with Crippen molar-refractivity contribution in [1.82, 2.24) is 5.48 Å². The number of hydrogen-bond donors (Lipinski definition) is 4. The minimum absolute atomic E-state index is 0.139. The van der Waals surface area contributed by atoms with Crippen LogP contribution in [0.2, 0.25) is 0 Å². The summed E-state index contributed by atoms with van der Waals surface area (Å²) in [4.78, 5) is 15.1. The van der Waals surface area contributed by atoms with Crippen molar-refractivity contribution in [3.8, 4) is 0 Å². The average Bonchev–Trinajstić information content (AvgIpc) is 2.30. The lowest BCUT2D eigenvalue weighted by molar-refractivity contribution is -0.141. The number of allylic oxidation sites excluding steroid dienone is 1. The molecule has 1 aliphatic heterocycles. The van der Waals surface area contributed by atoms with E-state index in [0.717, 1.165) is 0 Å². The summed E-state index contributed by atoms with van der Waals surface area (Å²) in [5.74, 6) is -0.673. The van der Waals surface area contributed by atoms with Crippen molar-refractivity contribution in [2.24, 2.45) is 5.73 Å². The average molecular weight is 188 g/mol. The number of aliphatic hydroxyl groups is 1. The maximum absolute atomic E-state index is 10.4. The Bertz CT molecular complexity index is 253. The Hall–Kier alpha value is -1.11. The Morgan fingerprint density at radius 1 is 1.92 bits per heavy atom. The lowest BCUT2D eigenvalue weighted by atomic mass is 10.0. The molecule has 0 fully saturated rings. The van der Waals surface area contributed by atoms with E-state index in [0.29, 0.717) is 5.76 Å². The Balaban J connectivity index is 2.58. The van der Waals surface area contributed by atoms with Crippen molar-refractivity contribution >= 4 is 5.97 Å². The minimum Gasteiger partial charge on any atom is -0.480 e. The third-order valence-corrected chi connectivity index (χ3v) is 1.68. The number of carboxylic acids is 1. The minimum atomic E-state index is -1.47. The number of hydrogen-bond acceptors (Lipinski definition) is 5. The van der Waals surface area contributed by atoms with Crippen molar-refractivity contribution in [3.63, 3.8) is 0 Å². The van der Waals surface area contributed by atoms with Gasteiger partial charge in [-0.2, -0.15) is 0 Å². The fourth-order valence-electron chi connectivity index (χ4n) is 1.09. The van der Waals surface area contributed by atoms with E-state index in [1.165, 1.54) is 6.08 Å². The first-order valence-corrected chi connectivity index (χ1v) is 3.77. The second-order valence-corrected chi connectivity index (χ2v) is 3.03. The Morgan fingerprint density at radius 3 is 2.92 bits per heavy atom. The third-order valence-electron chi connectivity index (χ3n) is 1.68. The molecule has 74 valence electrons. The molecule has 0 aromatic carbocycles. The highest BCUT2D eigenvalue weighted by molar-refractivity contribution is 5.73. The molecule has 0 aromatic heterocycles. The predicted octanol–water partition coefficient (Wildman–Crippen LogP) is -1.08. The molecule has 6 heteroatoms. The molecule has 1 rings (SSSR count). The molecular formula is C7H12N2O4. The summed E-state index contributed by atoms with van der Waals surface area (Å²) in [5, 5.41) is 18.1. The van der Waals surface area contributed by atoms with Crippen LogP contribution >= 0.6 is 0 Å². The molecule has 13 heavy (non-hydrogen) atoms. The number of rotatable bonds is 3. The Labute approximate surface area is 74.9 Å². The topological polar surface area (TPSA) is 105 Å². The normalized spacial score (nSPS) is 29.3. The largest absolute Gasteiger partial charge is 0.480 e. The maximum Gasteiger partial charge on any atom is 0.320 e. The number of carboxylic acid groups (broad SMARTS) is 1.